The van der Waals surface area contributed by atoms with E-state index in [2.05, 4.69) is 103 Å². The Balaban J connectivity index is 1.25. The molecule has 0 radical (unpaired) electrons. The molecule has 0 saturated heterocycles. The van der Waals surface area contributed by atoms with Crippen molar-refractivity contribution in [1.29, 1.82) is 0 Å². The van der Waals surface area contributed by atoms with Gasteiger partial charge in [0.15, 0.2) is 0 Å². The Morgan fingerprint density at radius 2 is 1.45 bits per heavy atom. The lowest BCUT2D eigenvalue weighted by Crippen LogP contribution is -2.20. The zero-order valence-corrected chi connectivity index (χ0v) is 17.8. The molecule has 3 unspecified atom stereocenters. The number of anilines is 1. The summed E-state index contributed by atoms with van der Waals surface area (Å²) >= 11 is 3.79. The molecule has 0 N–H and O–H groups in total. The molecular formula is C26H21NS2. The molecule has 0 amide bonds. The minimum absolute atomic E-state index is 0.574. The Labute approximate surface area is 179 Å². The van der Waals surface area contributed by atoms with Crippen LogP contribution in [0.15, 0.2) is 84.9 Å². The van der Waals surface area contributed by atoms with Gasteiger partial charge < -0.3 is 4.90 Å². The molecule has 2 aromatic heterocycles. The van der Waals surface area contributed by atoms with E-state index in [0.717, 1.165) is 0 Å². The predicted octanol–water partition coefficient (Wildman–Crippen LogP) is 7.39. The highest BCUT2D eigenvalue weighted by Gasteiger charge is 2.53. The van der Waals surface area contributed by atoms with Crippen molar-refractivity contribution in [2.75, 3.05) is 11.9 Å². The maximum absolute atomic E-state index is 2.50. The van der Waals surface area contributed by atoms with Crippen LogP contribution in [0.1, 0.15) is 17.0 Å². The molecule has 2 aliphatic carbocycles. The van der Waals surface area contributed by atoms with Gasteiger partial charge in [0.2, 0.25) is 0 Å². The van der Waals surface area contributed by atoms with Crippen LogP contribution in [0.3, 0.4) is 0 Å². The number of rotatable bonds is 4. The van der Waals surface area contributed by atoms with Crippen molar-refractivity contribution in [3.05, 3.63) is 96.1 Å². The van der Waals surface area contributed by atoms with Gasteiger partial charge in [-0.15, -0.1) is 22.7 Å². The third kappa shape index (κ3) is 2.88. The summed E-state index contributed by atoms with van der Waals surface area (Å²) in [5, 5.41) is 1.36. The zero-order chi connectivity index (χ0) is 19.4. The van der Waals surface area contributed by atoms with E-state index in [4.69, 9.17) is 0 Å². The predicted molar refractivity (Wildman–Crippen MR) is 127 cm³/mol. The standard InChI is InChI=1S/C26H21NS2/c1-27(26-20-12-11-17-7-5-6-10-19(17)25(20)26)24-16-15-23(29-24)22-14-13-21(28-22)18-8-3-2-4-9-18/h2-16,20,25-26H,1H3. The molecule has 0 aliphatic heterocycles. The van der Waals surface area contributed by atoms with Crippen LogP contribution >= 0.6 is 22.7 Å². The first kappa shape index (κ1) is 17.3. The van der Waals surface area contributed by atoms with Crippen LogP contribution in [-0.4, -0.2) is 13.1 Å². The van der Waals surface area contributed by atoms with E-state index >= 15 is 0 Å². The van der Waals surface area contributed by atoms with Gasteiger partial charge in [-0.2, -0.15) is 0 Å². The van der Waals surface area contributed by atoms with Crippen molar-refractivity contribution in [3.8, 4) is 20.2 Å². The van der Waals surface area contributed by atoms with E-state index in [1.165, 1.54) is 36.3 Å². The number of hydrogen-bond donors (Lipinski definition) is 0. The third-order valence-corrected chi connectivity index (χ3v) is 8.69. The lowest BCUT2D eigenvalue weighted by atomic mass is 9.97. The Morgan fingerprint density at radius 1 is 0.724 bits per heavy atom. The molecule has 1 nitrogen and oxygen atoms in total. The maximum Gasteiger partial charge on any atom is 0.0915 e. The number of nitrogens with zero attached hydrogens (tertiary/aromatic N) is 1. The Morgan fingerprint density at radius 3 is 2.34 bits per heavy atom. The summed E-state index contributed by atoms with van der Waals surface area (Å²) in [7, 11) is 2.26. The van der Waals surface area contributed by atoms with E-state index in [-0.39, 0.29) is 0 Å². The number of likely N-dealkylation sites (N-methyl/N-ethyl adjacent to an activating group) is 1. The lowest BCUT2D eigenvalue weighted by molar-refractivity contribution is 0.873. The molecule has 4 aromatic rings. The number of fused-ring (bicyclic) bond motifs is 3. The molecule has 1 saturated carbocycles. The van der Waals surface area contributed by atoms with Crippen molar-refractivity contribution < 1.29 is 0 Å². The first-order valence-electron chi connectivity index (χ1n) is 10.0. The number of benzene rings is 2. The third-order valence-electron chi connectivity index (χ3n) is 6.18. The van der Waals surface area contributed by atoms with Crippen molar-refractivity contribution in [1.82, 2.24) is 0 Å². The Bertz CT molecular complexity index is 1200. The highest BCUT2D eigenvalue weighted by atomic mass is 32.1. The van der Waals surface area contributed by atoms with E-state index in [1.54, 1.807) is 0 Å². The van der Waals surface area contributed by atoms with Gasteiger partial charge in [0.05, 0.1) is 5.00 Å². The van der Waals surface area contributed by atoms with E-state index < -0.39 is 0 Å². The Kier molecular flexibility index (Phi) is 4.00. The van der Waals surface area contributed by atoms with Crippen LogP contribution < -0.4 is 4.90 Å². The highest BCUT2D eigenvalue weighted by Crippen LogP contribution is 2.56. The SMILES string of the molecule is CN(c1ccc(-c2ccc(-c3ccccc3)s2)s1)C1C2C=Cc3ccccc3C21. The first-order chi connectivity index (χ1) is 14.3. The second-order valence-corrected chi connectivity index (χ2v) is 10.0. The van der Waals surface area contributed by atoms with Gasteiger partial charge in [-0.25, -0.2) is 0 Å². The summed E-state index contributed by atoms with van der Waals surface area (Å²) in [5.74, 6) is 1.28. The van der Waals surface area contributed by atoms with Gasteiger partial charge in [0.1, 0.15) is 0 Å². The minimum atomic E-state index is 0.574. The molecular weight excluding hydrogens is 390 g/mol. The van der Waals surface area contributed by atoms with Crippen molar-refractivity contribution in [2.24, 2.45) is 5.92 Å². The minimum Gasteiger partial charge on any atom is -0.362 e. The first-order valence-corrected chi connectivity index (χ1v) is 11.7. The lowest BCUT2D eigenvalue weighted by Gasteiger charge is -2.17. The average Bonchev–Trinajstić information content (AvgIpc) is 3.09. The molecule has 0 spiro atoms. The van der Waals surface area contributed by atoms with Crippen LogP contribution in [0.5, 0.6) is 0 Å². The van der Waals surface area contributed by atoms with Crippen LogP contribution in [0.25, 0.3) is 26.3 Å². The van der Waals surface area contributed by atoms with Crippen LogP contribution in [0, 0.1) is 5.92 Å². The molecule has 0 bridgehead atoms. The summed E-state index contributed by atoms with van der Waals surface area (Å²) in [6.45, 7) is 0. The summed E-state index contributed by atoms with van der Waals surface area (Å²) in [6, 6.07) is 29.2. The van der Waals surface area contributed by atoms with Crippen LogP contribution in [0.4, 0.5) is 5.00 Å². The average molecular weight is 412 g/mol. The van der Waals surface area contributed by atoms with Gasteiger partial charge in [-0.1, -0.05) is 66.7 Å². The van der Waals surface area contributed by atoms with E-state index in [0.29, 0.717) is 17.9 Å². The smallest absolute Gasteiger partial charge is 0.0915 e. The monoisotopic (exact) mass is 411 g/mol. The largest absolute Gasteiger partial charge is 0.362 e. The fourth-order valence-corrected chi connectivity index (χ4v) is 6.76. The van der Waals surface area contributed by atoms with Crippen molar-refractivity contribution in [3.63, 3.8) is 0 Å². The summed E-state index contributed by atoms with van der Waals surface area (Å²) < 4.78 is 0. The van der Waals surface area contributed by atoms with Crippen LogP contribution in [-0.2, 0) is 0 Å². The number of hydrogen-bond acceptors (Lipinski definition) is 3. The quantitative estimate of drug-likeness (QED) is 0.338. The second kappa shape index (κ2) is 6.72. The topological polar surface area (TPSA) is 3.24 Å². The van der Waals surface area contributed by atoms with Crippen LogP contribution in [0.2, 0.25) is 0 Å². The summed E-state index contributed by atoms with van der Waals surface area (Å²) in [6.07, 6.45) is 4.72. The molecule has 1 fully saturated rings. The molecule has 29 heavy (non-hydrogen) atoms. The maximum atomic E-state index is 2.50. The fourth-order valence-electron chi connectivity index (χ4n) is 4.65. The van der Waals surface area contributed by atoms with Gasteiger partial charge in [0, 0.05) is 39.6 Å². The fraction of sp³-hybridized carbons (Fsp3) is 0.154. The summed E-state index contributed by atoms with van der Waals surface area (Å²) in [4.78, 5) is 6.55. The molecule has 6 rings (SSSR count). The molecule has 3 heteroatoms. The van der Waals surface area contributed by atoms with Crippen molar-refractivity contribution >= 4 is 33.8 Å². The Hall–Kier alpha value is -2.62. The van der Waals surface area contributed by atoms with E-state index in [1.807, 2.05) is 22.7 Å². The van der Waals surface area contributed by atoms with Gasteiger partial charge in [-0.05, 0) is 41.0 Å². The van der Waals surface area contributed by atoms with Gasteiger partial charge in [-0.3, -0.25) is 0 Å². The van der Waals surface area contributed by atoms with Crippen molar-refractivity contribution in [2.45, 2.75) is 12.0 Å². The highest BCUT2D eigenvalue weighted by molar-refractivity contribution is 7.25. The molecule has 2 aromatic carbocycles. The van der Waals surface area contributed by atoms with E-state index in [9.17, 15) is 0 Å². The van der Waals surface area contributed by atoms with Gasteiger partial charge >= 0.3 is 0 Å². The molecule has 2 aliphatic rings. The molecule has 2 heterocycles. The number of thiophene rings is 2. The molecule has 3 atom stereocenters. The summed E-state index contributed by atoms with van der Waals surface area (Å²) in [5.41, 5.74) is 4.20. The molecule has 142 valence electrons. The second-order valence-electron chi connectivity index (χ2n) is 7.86. The zero-order valence-electron chi connectivity index (χ0n) is 16.2. The van der Waals surface area contributed by atoms with Gasteiger partial charge in [0.25, 0.3) is 0 Å². The normalized spacial score (nSPS) is 21.5.